The van der Waals surface area contributed by atoms with Gasteiger partial charge in [0.15, 0.2) is 0 Å². The van der Waals surface area contributed by atoms with Crippen LogP contribution in [0.15, 0.2) is 12.2 Å². The maximum atomic E-state index is 9.91. The van der Waals surface area contributed by atoms with Crippen molar-refractivity contribution in [1.82, 2.24) is 5.32 Å². The van der Waals surface area contributed by atoms with Gasteiger partial charge in [-0.25, -0.2) is 0 Å². The van der Waals surface area contributed by atoms with Crippen LogP contribution in [0.1, 0.15) is 38.5 Å². The lowest BCUT2D eigenvalue weighted by Gasteiger charge is -2.28. The first-order valence-corrected chi connectivity index (χ1v) is 7.40. The van der Waals surface area contributed by atoms with E-state index in [1.165, 1.54) is 32.1 Å². The summed E-state index contributed by atoms with van der Waals surface area (Å²) in [6.45, 7) is 2.19. The van der Waals surface area contributed by atoms with Gasteiger partial charge in [-0.05, 0) is 55.9 Å². The molecule has 3 aliphatic carbocycles. The smallest absolute Gasteiger partial charge is 0.0580 e. The summed E-state index contributed by atoms with van der Waals surface area (Å²) in [5.41, 5.74) is 0. The van der Waals surface area contributed by atoms with Crippen LogP contribution in [0.25, 0.3) is 0 Å². The molecule has 5 atom stereocenters. The Balaban J connectivity index is 1.39. The predicted molar refractivity (Wildman–Crippen MR) is 69.7 cm³/mol. The fourth-order valence-electron chi connectivity index (χ4n) is 4.01. The molecule has 0 aromatic rings. The third kappa shape index (κ3) is 2.58. The van der Waals surface area contributed by atoms with E-state index in [1.54, 1.807) is 0 Å². The van der Waals surface area contributed by atoms with Gasteiger partial charge in [-0.15, -0.1) is 0 Å². The van der Waals surface area contributed by atoms with Gasteiger partial charge in [0.05, 0.1) is 6.10 Å². The lowest BCUT2D eigenvalue weighted by molar-refractivity contribution is 0.0690. The van der Waals surface area contributed by atoms with E-state index >= 15 is 0 Å². The zero-order valence-electron chi connectivity index (χ0n) is 10.6. The maximum Gasteiger partial charge on any atom is 0.0580 e. The Bertz CT molecular complexity index is 289. The highest BCUT2D eigenvalue weighted by Gasteiger charge is 2.35. The van der Waals surface area contributed by atoms with Crippen molar-refractivity contribution in [3.8, 4) is 0 Å². The maximum absolute atomic E-state index is 9.91. The molecule has 0 aliphatic heterocycles. The number of fused-ring (bicyclic) bond motifs is 2. The molecule has 0 heterocycles. The molecule has 0 aromatic heterocycles. The van der Waals surface area contributed by atoms with E-state index in [9.17, 15) is 5.11 Å². The number of hydrogen-bond acceptors (Lipinski definition) is 2. The van der Waals surface area contributed by atoms with Crippen molar-refractivity contribution in [2.24, 2.45) is 23.7 Å². The van der Waals surface area contributed by atoms with Crippen molar-refractivity contribution < 1.29 is 5.11 Å². The van der Waals surface area contributed by atoms with Gasteiger partial charge in [-0.2, -0.15) is 0 Å². The number of aliphatic hydroxyl groups is 1. The van der Waals surface area contributed by atoms with Gasteiger partial charge in [0.25, 0.3) is 0 Å². The van der Waals surface area contributed by atoms with Gasteiger partial charge < -0.3 is 10.4 Å². The summed E-state index contributed by atoms with van der Waals surface area (Å²) in [6, 6.07) is 0. The zero-order valence-corrected chi connectivity index (χ0v) is 10.6. The SMILES string of the molecule is OC1CCCCC1CNCC1CC2C=CC1C2. The van der Waals surface area contributed by atoms with E-state index in [0.717, 1.165) is 37.3 Å². The molecule has 2 bridgehead atoms. The molecule has 2 fully saturated rings. The fraction of sp³-hybridized carbons (Fsp3) is 0.867. The third-order valence-electron chi connectivity index (χ3n) is 5.10. The monoisotopic (exact) mass is 235 g/mol. The molecular formula is C15H25NO. The van der Waals surface area contributed by atoms with Crippen LogP contribution in [-0.4, -0.2) is 24.3 Å². The highest BCUT2D eigenvalue weighted by molar-refractivity contribution is 5.10. The molecule has 0 aromatic carbocycles. The molecule has 17 heavy (non-hydrogen) atoms. The highest BCUT2D eigenvalue weighted by Crippen LogP contribution is 2.42. The van der Waals surface area contributed by atoms with Crippen LogP contribution in [0.2, 0.25) is 0 Å². The molecular weight excluding hydrogens is 210 g/mol. The molecule has 96 valence electrons. The normalized spacial score (nSPS) is 44.4. The molecule has 2 saturated carbocycles. The molecule has 2 nitrogen and oxygen atoms in total. The van der Waals surface area contributed by atoms with Crippen molar-refractivity contribution in [3.63, 3.8) is 0 Å². The lowest BCUT2D eigenvalue weighted by Crippen LogP contribution is -2.36. The van der Waals surface area contributed by atoms with Crippen LogP contribution in [0.3, 0.4) is 0 Å². The minimum Gasteiger partial charge on any atom is -0.393 e. The Kier molecular flexibility index (Phi) is 3.53. The average molecular weight is 235 g/mol. The number of aliphatic hydroxyl groups excluding tert-OH is 1. The zero-order chi connectivity index (χ0) is 11.7. The third-order valence-corrected chi connectivity index (χ3v) is 5.10. The molecule has 2 heteroatoms. The van der Waals surface area contributed by atoms with Crippen molar-refractivity contribution in [2.45, 2.75) is 44.6 Å². The first-order chi connectivity index (χ1) is 8.33. The largest absolute Gasteiger partial charge is 0.393 e. The van der Waals surface area contributed by atoms with E-state index in [2.05, 4.69) is 17.5 Å². The van der Waals surface area contributed by atoms with Gasteiger partial charge in [-0.3, -0.25) is 0 Å². The summed E-state index contributed by atoms with van der Waals surface area (Å²) in [5, 5.41) is 13.5. The van der Waals surface area contributed by atoms with Crippen molar-refractivity contribution in [3.05, 3.63) is 12.2 Å². The second-order valence-corrected chi connectivity index (χ2v) is 6.31. The Morgan fingerprint density at radius 2 is 1.82 bits per heavy atom. The number of rotatable bonds is 4. The highest BCUT2D eigenvalue weighted by atomic mass is 16.3. The van der Waals surface area contributed by atoms with Crippen molar-refractivity contribution in [2.75, 3.05) is 13.1 Å². The van der Waals surface area contributed by atoms with Crippen LogP contribution >= 0.6 is 0 Å². The Morgan fingerprint density at radius 3 is 2.53 bits per heavy atom. The Morgan fingerprint density at radius 1 is 1.00 bits per heavy atom. The molecule has 0 saturated heterocycles. The van der Waals surface area contributed by atoms with Crippen LogP contribution in [-0.2, 0) is 0 Å². The fourth-order valence-corrected chi connectivity index (χ4v) is 4.01. The van der Waals surface area contributed by atoms with Crippen LogP contribution < -0.4 is 5.32 Å². The predicted octanol–water partition coefficient (Wildman–Crippen LogP) is 2.34. The Labute approximate surface area is 104 Å². The van der Waals surface area contributed by atoms with Gasteiger partial charge in [-0.1, -0.05) is 25.0 Å². The molecule has 5 unspecified atom stereocenters. The molecule has 3 aliphatic rings. The summed E-state index contributed by atoms with van der Waals surface area (Å²) in [5.74, 6) is 3.11. The minimum atomic E-state index is -0.0452. The quantitative estimate of drug-likeness (QED) is 0.733. The van der Waals surface area contributed by atoms with Gasteiger partial charge >= 0.3 is 0 Å². The molecule has 0 spiro atoms. The Hall–Kier alpha value is -0.340. The molecule has 0 radical (unpaired) electrons. The van der Waals surface area contributed by atoms with E-state index < -0.39 is 0 Å². The van der Waals surface area contributed by atoms with Crippen molar-refractivity contribution >= 4 is 0 Å². The summed E-state index contributed by atoms with van der Waals surface area (Å²) in [6.07, 6.45) is 12.3. The van der Waals surface area contributed by atoms with Crippen molar-refractivity contribution in [1.29, 1.82) is 0 Å². The molecule has 2 N–H and O–H groups in total. The second-order valence-electron chi connectivity index (χ2n) is 6.31. The first-order valence-electron chi connectivity index (χ1n) is 7.40. The number of allylic oxidation sites excluding steroid dienone is 2. The summed E-state index contributed by atoms with van der Waals surface area (Å²) in [7, 11) is 0. The first kappa shape index (κ1) is 11.7. The molecule has 0 amide bonds. The summed E-state index contributed by atoms with van der Waals surface area (Å²) in [4.78, 5) is 0. The van der Waals surface area contributed by atoms with Gasteiger partial charge in [0, 0.05) is 6.54 Å². The average Bonchev–Trinajstić information content (AvgIpc) is 2.94. The molecule has 3 rings (SSSR count). The standard InChI is InChI=1S/C15H25NO/c17-15-4-2-1-3-13(15)9-16-10-14-8-11-5-6-12(14)7-11/h5-6,11-17H,1-4,7-10H2. The van der Waals surface area contributed by atoms with Gasteiger partial charge in [0.1, 0.15) is 0 Å². The van der Waals surface area contributed by atoms with Crippen LogP contribution in [0, 0.1) is 23.7 Å². The van der Waals surface area contributed by atoms with Crippen LogP contribution in [0.5, 0.6) is 0 Å². The summed E-state index contributed by atoms with van der Waals surface area (Å²) < 4.78 is 0. The van der Waals surface area contributed by atoms with E-state index in [1.807, 2.05) is 0 Å². The number of nitrogens with one attached hydrogen (secondary N) is 1. The lowest BCUT2D eigenvalue weighted by atomic mass is 9.86. The topological polar surface area (TPSA) is 32.3 Å². The van der Waals surface area contributed by atoms with E-state index in [4.69, 9.17) is 0 Å². The van der Waals surface area contributed by atoms with E-state index in [-0.39, 0.29) is 6.10 Å². The summed E-state index contributed by atoms with van der Waals surface area (Å²) >= 11 is 0. The minimum absolute atomic E-state index is 0.0452. The second kappa shape index (κ2) is 5.11. The van der Waals surface area contributed by atoms with Gasteiger partial charge in [0.2, 0.25) is 0 Å². The van der Waals surface area contributed by atoms with E-state index in [0.29, 0.717) is 5.92 Å². The number of hydrogen-bond donors (Lipinski definition) is 2. The van der Waals surface area contributed by atoms with Crippen LogP contribution in [0.4, 0.5) is 0 Å².